The molecule has 0 aliphatic heterocycles. The zero-order valence-corrected chi connectivity index (χ0v) is 9.33. The fourth-order valence-electron chi connectivity index (χ4n) is 2.34. The maximum Gasteiger partial charge on any atom is 0.0688 e. The first-order chi connectivity index (χ1) is 6.58. The maximum atomic E-state index is 10.4. The Labute approximate surface area is 86.6 Å². The van der Waals surface area contributed by atoms with Crippen molar-refractivity contribution in [1.29, 1.82) is 0 Å². The molecule has 0 bridgehead atoms. The molecule has 1 aliphatic carbocycles. The Kier molecular flexibility index (Phi) is 4.35. The third kappa shape index (κ3) is 2.94. The highest BCUT2D eigenvalue weighted by Crippen LogP contribution is 2.35. The van der Waals surface area contributed by atoms with E-state index in [4.69, 9.17) is 10.5 Å². The molecule has 1 saturated carbocycles. The van der Waals surface area contributed by atoms with Gasteiger partial charge in [-0.05, 0) is 38.0 Å². The van der Waals surface area contributed by atoms with E-state index < -0.39 is 5.60 Å². The van der Waals surface area contributed by atoms with Crippen LogP contribution >= 0.6 is 0 Å². The van der Waals surface area contributed by atoms with Crippen molar-refractivity contribution in [3.8, 4) is 0 Å². The molecular formula is C11H23NO2. The molecule has 0 heterocycles. The molecule has 0 spiro atoms. The second kappa shape index (κ2) is 5.10. The Balaban J connectivity index is 2.45. The first-order valence-corrected chi connectivity index (χ1v) is 5.55. The second-order valence-electron chi connectivity index (χ2n) is 4.64. The highest BCUT2D eigenvalue weighted by molar-refractivity contribution is 4.91. The van der Waals surface area contributed by atoms with E-state index in [2.05, 4.69) is 6.92 Å². The molecule has 1 fully saturated rings. The van der Waals surface area contributed by atoms with Gasteiger partial charge in [0, 0.05) is 19.8 Å². The van der Waals surface area contributed by atoms with Gasteiger partial charge in [0.15, 0.2) is 0 Å². The summed E-state index contributed by atoms with van der Waals surface area (Å²) in [6.07, 6.45) is 4.66. The van der Waals surface area contributed by atoms with E-state index in [1.807, 2.05) is 0 Å². The summed E-state index contributed by atoms with van der Waals surface area (Å²) in [5, 5.41) is 10.4. The summed E-state index contributed by atoms with van der Waals surface area (Å²) < 4.78 is 5.03. The Morgan fingerprint density at radius 1 is 1.64 bits per heavy atom. The molecule has 0 saturated heterocycles. The van der Waals surface area contributed by atoms with Crippen molar-refractivity contribution < 1.29 is 9.84 Å². The van der Waals surface area contributed by atoms with Gasteiger partial charge in [0.05, 0.1) is 5.60 Å². The van der Waals surface area contributed by atoms with Crippen LogP contribution in [-0.2, 0) is 4.74 Å². The summed E-state index contributed by atoms with van der Waals surface area (Å²) in [6.45, 7) is 2.82. The molecule has 0 radical (unpaired) electrons. The van der Waals surface area contributed by atoms with Crippen molar-refractivity contribution in [1.82, 2.24) is 0 Å². The molecule has 3 heteroatoms. The Hall–Kier alpha value is -0.120. The summed E-state index contributed by atoms with van der Waals surface area (Å²) in [5.74, 6) is 0.286. The smallest absolute Gasteiger partial charge is 0.0688 e. The highest BCUT2D eigenvalue weighted by Gasteiger charge is 2.37. The minimum atomic E-state index is -0.545. The number of methoxy groups -OCH3 is 1. The van der Waals surface area contributed by atoms with E-state index in [0.717, 1.165) is 38.7 Å². The fraction of sp³-hybridized carbons (Fsp3) is 1.00. The third-order valence-corrected chi connectivity index (χ3v) is 3.47. The van der Waals surface area contributed by atoms with Gasteiger partial charge < -0.3 is 15.6 Å². The minimum absolute atomic E-state index is 0.179. The van der Waals surface area contributed by atoms with E-state index in [1.165, 1.54) is 0 Å². The lowest BCUT2D eigenvalue weighted by Crippen LogP contribution is -2.46. The summed E-state index contributed by atoms with van der Waals surface area (Å²) in [5.41, 5.74) is 5.34. The van der Waals surface area contributed by atoms with Crippen LogP contribution in [0, 0.1) is 5.92 Å². The van der Waals surface area contributed by atoms with Gasteiger partial charge in [-0.15, -0.1) is 0 Å². The number of rotatable bonds is 4. The molecule has 0 aromatic carbocycles. The molecule has 14 heavy (non-hydrogen) atoms. The Morgan fingerprint density at radius 2 is 2.36 bits per heavy atom. The first kappa shape index (κ1) is 12.0. The number of aliphatic hydroxyl groups is 1. The van der Waals surface area contributed by atoms with Gasteiger partial charge in [-0.2, -0.15) is 0 Å². The summed E-state index contributed by atoms with van der Waals surface area (Å²) in [6, 6.07) is 0.179. The minimum Gasteiger partial charge on any atom is -0.390 e. The van der Waals surface area contributed by atoms with E-state index in [0.29, 0.717) is 0 Å². The zero-order valence-electron chi connectivity index (χ0n) is 9.33. The SMILES string of the molecule is COCCC(C)C1(O)CCCC(N)C1. The number of hydrogen-bond acceptors (Lipinski definition) is 3. The van der Waals surface area contributed by atoms with Crippen LogP contribution in [0.4, 0.5) is 0 Å². The predicted molar refractivity (Wildman–Crippen MR) is 57.1 cm³/mol. The highest BCUT2D eigenvalue weighted by atomic mass is 16.5. The average Bonchev–Trinajstić information content (AvgIpc) is 2.13. The lowest BCUT2D eigenvalue weighted by Gasteiger charge is -2.40. The number of ether oxygens (including phenoxy) is 1. The third-order valence-electron chi connectivity index (χ3n) is 3.47. The summed E-state index contributed by atoms with van der Waals surface area (Å²) in [4.78, 5) is 0. The van der Waals surface area contributed by atoms with Gasteiger partial charge in [0.1, 0.15) is 0 Å². The van der Waals surface area contributed by atoms with Crippen LogP contribution in [0.3, 0.4) is 0 Å². The van der Waals surface area contributed by atoms with Crippen molar-refractivity contribution >= 4 is 0 Å². The Bertz CT molecular complexity index is 175. The van der Waals surface area contributed by atoms with Crippen molar-refractivity contribution in [2.45, 2.75) is 50.7 Å². The predicted octanol–water partition coefficient (Wildman–Crippen LogP) is 1.29. The van der Waals surface area contributed by atoms with Gasteiger partial charge in [0.2, 0.25) is 0 Å². The van der Waals surface area contributed by atoms with Crippen LogP contribution in [0.2, 0.25) is 0 Å². The van der Waals surface area contributed by atoms with E-state index in [1.54, 1.807) is 7.11 Å². The molecule has 0 amide bonds. The summed E-state index contributed by atoms with van der Waals surface area (Å²) in [7, 11) is 1.70. The van der Waals surface area contributed by atoms with Gasteiger partial charge in [-0.3, -0.25) is 0 Å². The second-order valence-corrected chi connectivity index (χ2v) is 4.64. The molecule has 1 aliphatic rings. The first-order valence-electron chi connectivity index (χ1n) is 5.55. The van der Waals surface area contributed by atoms with Gasteiger partial charge in [0.25, 0.3) is 0 Å². The molecule has 3 atom stereocenters. The number of hydrogen-bond donors (Lipinski definition) is 2. The lowest BCUT2D eigenvalue weighted by atomic mass is 9.73. The number of nitrogens with two attached hydrogens (primary N) is 1. The molecule has 3 nitrogen and oxygen atoms in total. The van der Waals surface area contributed by atoms with Crippen molar-refractivity contribution in [3.63, 3.8) is 0 Å². The maximum absolute atomic E-state index is 10.4. The van der Waals surface area contributed by atoms with Gasteiger partial charge in [-0.25, -0.2) is 0 Å². The fourth-order valence-corrected chi connectivity index (χ4v) is 2.34. The van der Waals surface area contributed by atoms with E-state index in [-0.39, 0.29) is 12.0 Å². The monoisotopic (exact) mass is 201 g/mol. The van der Waals surface area contributed by atoms with Crippen molar-refractivity contribution in [2.75, 3.05) is 13.7 Å². The molecule has 1 rings (SSSR count). The molecular weight excluding hydrogens is 178 g/mol. The Morgan fingerprint density at radius 3 is 2.93 bits per heavy atom. The van der Waals surface area contributed by atoms with Gasteiger partial charge >= 0.3 is 0 Å². The van der Waals surface area contributed by atoms with E-state index >= 15 is 0 Å². The van der Waals surface area contributed by atoms with Crippen molar-refractivity contribution in [2.24, 2.45) is 11.7 Å². The zero-order chi connectivity index (χ0) is 10.6. The molecule has 84 valence electrons. The van der Waals surface area contributed by atoms with Crippen LogP contribution in [0.15, 0.2) is 0 Å². The largest absolute Gasteiger partial charge is 0.390 e. The quantitative estimate of drug-likeness (QED) is 0.720. The topological polar surface area (TPSA) is 55.5 Å². The molecule has 3 N–H and O–H groups in total. The van der Waals surface area contributed by atoms with Crippen molar-refractivity contribution in [3.05, 3.63) is 0 Å². The standard InChI is InChI=1S/C11H23NO2/c1-9(5-7-14-2)11(13)6-3-4-10(12)8-11/h9-10,13H,3-8,12H2,1-2H3. The average molecular weight is 201 g/mol. The van der Waals surface area contributed by atoms with Crippen LogP contribution in [0.5, 0.6) is 0 Å². The van der Waals surface area contributed by atoms with E-state index in [9.17, 15) is 5.11 Å². The van der Waals surface area contributed by atoms with Gasteiger partial charge in [-0.1, -0.05) is 6.92 Å². The molecule has 3 unspecified atom stereocenters. The van der Waals surface area contributed by atoms with Crippen LogP contribution in [-0.4, -0.2) is 30.5 Å². The molecule has 0 aromatic heterocycles. The van der Waals surface area contributed by atoms with Crippen LogP contribution in [0.25, 0.3) is 0 Å². The lowest BCUT2D eigenvalue weighted by molar-refractivity contribution is -0.0561. The van der Waals surface area contributed by atoms with Crippen LogP contribution < -0.4 is 5.73 Å². The summed E-state index contributed by atoms with van der Waals surface area (Å²) >= 11 is 0. The van der Waals surface area contributed by atoms with Crippen LogP contribution in [0.1, 0.15) is 39.0 Å². The molecule has 0 aromatic rings. The normalized spacial score (nSPS) is 35.6.